The van der Waals surface area contributed by atoms with E-state index in [9.17, 15) is 9.18 Å². The summed E-state index contributed by atoms with van der Waals surface area (Å²) in [4.78, 5) is 11.7. The molecule has 1 aliphatic carbocycles. The minimum absolute atomic E-state index is 0.199. The van der Waals surface area contributed by atoms with Crippen LogP contribution in [0.1, 0.15) is 34.3 Å². The lowest BCUT2D eigenvalue weighted by atomic mass is 9.95. The first-order valence-corrected chi connectivity index (χ1v) is 6.19. The third-order valence-electron chi connectivity index (χ3n) is 3.42. The van der Waals surface area contributed by atoms with Gasteiger partial charge in [0, 0.05) is 36.5 Å². The highest BCUT2D eigenvalue weighted by Crippen LogP contribution is 2.22. The van der Waals surface area contributed by atoms with Gasteiger partial charge < -0.3 is 4.57 Å². The van der Waals surface area contributed by atoms with Crippen LogP contribution in [-0.4, -0.2) is 10.4 Å². The van der Waals surface area contributed by atoms with Gasteiger partial charge in [0.05, 0.1) is 0 Å². The molecule has 2 aromatic rings. The summed E-state index contributed by atoms with van der Waals surface area (Å²) >= 11 is 0. The summed E-state index contributed by atoms with van der Waals surface area (Å²) in [5, 5.41) is 0. The molecule has 0 aliphatic heterocycles. The highest BCUT2D eigenvalue weighted by atomic mass is 19.1. The SMILES string of the molecule is O=C1CCCc2cn(Cc3ccccc3F)cc21. The van der Waals surface area contributed by atoms with Gasteiger partial charge in [-0.05, 0) is 24.5 Å². The average molecular weight is 243 g/mol. The summed E-state index contributed by atoms with van der Waals surface area (Å²) in [6.07, 6.45) is 6.33. The summed E-state index contributed by atoms with van der Waals surface area (Å²) in [5.74, 6) is 0.0130. The van der Waals surface area contributed by atoms with Gasteiger partial charge in [-0.3, -0.25) is 4.79 Å². The number of aryl methyl sites for hydroxylation is 1. The lowest BCUT2D eigenvalue weighted by Crippen LogP contribution is -2.07. The molecule has 0 saturated carbocycles. The molecule has 1 aromatic heterocycles. The molecule has 1 heterocycles. The predicted octanol–water partition coefficient (Wildman–Crippen LogP) is 3.19. The first-order chi connectivity index (χ1) is 8.74. The van der Waals surface area contributed by atoms with Gasteiger partial charge in [0.1, 0.15) is 5.82 Å². The molecule has 0 fully saturated rings. The fraction of sp³-hybridized carbons (Fsp3) is 0.267. The predicted molar refractivity (Wildman–Crippen MR) is 67.2 cm³/mol. The van der Waals surface area contributed by atoms with Gasteiger partial charge in [0.15, 0.2) is 5.78 Å². The van der Waals surface area contributed by atoms with Crippen LogP contribution in [0.25, 0.3) is 0 Å². The monoisotopic (exact) mass is 243 g/mol. The Bertz CT molecular complexity index is 600. The molecule has 0 saturated heterocycles. The average Bonchev–Trinajstić information content (AvgIpc) is 2.76. The number of hydrogen-bond donors (Lipinski definition) is 0. The first-order valence-electron chi connectivity index (χ1n) is 6.19. The third-order valence-corrected chi connectivity index (χ3v) is 3.42. The van der Waals surface area contributed by atoms with Crippen LogP contribution < -0.4 is 0 Å². The van der Waals surface area contributed by atoms with Crippen molar-refractivity contribution in [3.63, 3.8) is 0 Å². The van der Waals surface area contributed by atoms with E-state index in [1.807, 2.05) is 23.0 Å². The maximum atomic E-state index is 13.6. The Kier molecular flexibility index (Phi) is 2.74. The van der Waals surface area contributed by atoms with Crippen LogP contribution in [0.5, 0.6) is 0 Å². The van der Waals surface area contributed by atoms with Crippen molar-refractivity contribution < 1.29 is 9.18 Å². The van der Waals surface area contributed by atoms with E-state index in [1.54, 1.807) is 12.1 Å². The Morgan fingerprint density at radius 3 is 2.78 bits per heavy atom. The van der Waals surface area contributed by atoms with Crippen LogP contribution >= 0.6 is 0 Å². The van der Waals surface area contributed by atoms with E-state index in [4.69, 9.17) is 0 Å². The second kappa shape index (κ2) is 4.41. The zero-order valence-electron chi connectivity index (χ0n) is 10.0. The Hall–Kier alpha value is -1.90. The number of carbonyl (C=O) groups excluding carboxylic acids is 1. The normalized spacial score (nSPS) is 14.6. The van der Waals surface area contributed by atoms with Crippen molar-refractivity contribution in [3.05, 3.63) is 59.2 Å². The maximum Gasteiger partial charge on any atom is 0.164 e. The van der Waals surface area contributed by atoms with Crippen molar-refractivity contribution in [2.24, 2.45) is 0 Å². The zero-order valence-corrected chi connectivity index (χ0v) is 10.0. The molecule has 0 spiro atoms. The molecule has 0 N–H and O–H groups in total. The van der Waals surface area contributed by atoms with Gasteiger partial charge in [-0.2, -0.15) is 0 Å². The number of nitrogens with zero attached hydrogens (tertiary/aromatic N) is 1. The maximum absolute atomic E-state index is 13.6. The molecule has 3 rings (SSSR count). The fourth-order valence-electron chi connectivity index (χ4n) is 2.49. The standard InChI is InChI=1S/C15H14FNO/c16-14-6-2-1-4-12(14)9-17-8-11-5-3-7-15(18)13(11)10-17/h1-2,4,6,8,10H,3,5,7,9H2. The molecule has 3 heteroatoms. The lowest BCUT2D eigenvalue weighted by molar-refractivity contribution is 0.0973. The molecular formula is C15H14FNO. The number of aromatic nitrogens is 1. The fourth-order valence-corrected chi connectivity index (χ4v) is 2.49. The van der Waals surface area contributed by atoms with E-state index in [0.717, 1.165) is 24.0 Å². The second-order valence-electron chi connectivity index (χ2n) is 4.74. The number of carbonyl (C=O) groups is 1. The van der Waals surface area contributed by atoms with Gasteiger partial charge in [-0.15, -0.1) is 0 Å². The number of Topliss-reactive ketones (excluding diaryl/α,β-unsaturated/α-hetero) is 1. The largest absolute Gasteiger partial charge is 0.349 e. The van der Waals surface area contributed by atoms with Crippen molar-refractivity contribution in [2.45, 2.75) is 25.8 Å². The molecule has 2 nitrogen and oxygen atoms in total. The number of hydrogen-bond acceptors (Lipinski definition) is 1. The first kappa shape index (κ1) is 11.2. The summed E-state index contributed by atoms with van der Waals surface area (Å²) in [6.45, 7) is 0.479. The molecule has 0 atom stereocenters. The van der Waals surface area contributed by atoms with Crippen molar-refractivity contribution in [1.82, 2.24) is 4.57 Å². The van der Waals surface area contributed by atoms with Crippen molar-refractivity contribution >= 4 is 5.78 Å². The van der Waals surface area contributed by atoms with Crippen LogP contribution in [0.2, 0.25) is 0 Å². The van der Waals surface area contributed by atoms with Gasteiger partial charge in [0.2, 0.25) is 0 Å². The van der Waals surface area contributed by atoms with Crippen LogP contribution in [0.4, 0.5) is 4.39 Å². The topological polar surface area (TPSA) is 22.0 Å². The molecule has 0 bridgehead atoms. The molecule has 1 aromatic carbocycles. The minimum atomic E-state index is -0.199. The van der Waals surface area contributed by atoms with Gasteiger partial charge in [-0.1, -0.05) is 18.2 Å². The molecule has 18 heavy (non-hydrogen) atoms. The van der Waals surface area contributed by atoms with Gasteiger partial charge in [-0.25, -0.2) is 4.39 Å². The van der Waals surface area contributed by atoms with E-state index in [2.05, 4.69) is 0 Å². The van der Waals surface area contributed by atoms with Crippen LogP contribution in [-0.2, 0) is 13.0 Å². The van der Waals surface area contributed by atoms with Gasteiger partial charge >= 0.3 is 0 Å². The van der Waals surface area contributed by atoms with Crippen LogP contribution in [0.15, 0.2) is 36.7 Å². The lowest BCUT2D eigenvalue weighted by Gasteiger charge is -2.07. The summed E-state index contributed by atoms with van der Waals surface area (Å²) < 4.78 is 15.5. The Balaban J connectivity index is 1.90. The van der Waals surface area contributed by atoms with E-state index in [0.29, 0.717) is 18.5 Å². The summed E-state index contributed by atoms with van der Waals surface area (Å²) in [6, 6.07) is 6.75. The highest BCUT2D eigenvalue weighted by molar-refractivity contribution is 5.98. The summed E-state index contributed by atoms with van der Waals surface area (Å²) in [7, 11) is 0. The molecule has 92 valence electrons. The van der Waals surface area contributed by atoms with Crippen LogP contribution in [0.3, 0.4) is 0 Å². The molecule has 0 radical (unpaired) electrons. The van der Waals surface area contributed by atoms with Crippen LogP contribution in [0, 0.1) is 5.82 Å². The third kappa shape index (κ3) is 1.96. The van der Waals surface area contributed by atoms with Gasteiger partial charge in [0.25, 0.3) is 0 Å². The zero-order chi connectivity index (χ0) is 12.5. The second-order valence-corrected chi connectivity index (χ2v) is 4.74. The van der Waals surface area contributed by atoms with E-state index in [-0.39, 0.29) is 11.6 Å². The Morgan fingerprint density at radius 2 is 2.00 bits per heavy atom. The molecule has 1 aliphatic rings. The Morgan fingerprint density at radius 1 is 1.17 bits per heavy atom. The molecule has 0 amide bonds. The van der Waals surface area contributed by atoms with Crippen molar-refractivity contribution in [2.75, 3.05) is 0 Å². The number of halogens is 1. The molecule has 0 unspecified atom stereocenters. The van der Waals surface area contributed by atoms with E-state index < -0.39 is 0 Å². The highest BCUT2D eigenvalue weighted by Gasteiger charge is 2.19. The van der Waals surface area contributed by atoms with E-state index >= 15 is 0 Å². The smallest absolute Gasteiger partial charge is 0.164 e. The molecular weight excluding hydrogens is 229 g/mol. The van der Waals surface area contributed by atoms with Crippen molar-refractivity contribution in [3.8, 4) is 0 Å². The number of fused-ring (bicyclic) bond motifs is 1. The Labute approximate surface area is 105 Å². The number of ketones is 1. The number of rotatable bonds is 2. The minimum Gasteiger partial charge on any atom is -0.349 e. The number of benzene rings is 1. The van der Waals surface area contributed by atoms with E-state index in [1.165, 1.54) is 6.07 Å². The summed E-state index contributed by atoms with van der Waals surface area (Å²) in [5.41, 5.74) is 2.57. The van der Waals surface area contributed by atoms with Crippen molar-refractivity contribution in [1.29, 1.82) is 0 Å². The quantitative estimate of drug-likeness (QED) is 0.794.